The molecule has 1 amide bonds. The summed E-state index contributed by atoms with van der Waals surface area (Å²) in [7, 11) is 1.53. The van der Waals surface area contributed by atoms with E-state index in [0.29, 0.717) is 18.3 Å². The van der Waals surface area contributed by atoms with Crippen LogP contribution in [-0.4, -0.2) is 58.9 Å². The molecule has 1 aromatic heterocycles. The maximum absolute atomic E-state index is 11.5. The van der Waals surface area contributed by atoms with Crippen LogP contribution >= 0.6 is 11.8 Å². The number of nitrogens with one attached hydrogen (secondary N) is 1. The Morgan fingerprint density at radius 2 is 2.30 bits per heavy atom. The molecule has 1 N–H and O–H groups in total. The molecule has 7 heteroatoms. The molecule has 6 nitrogen and oxygen atoms in total. The van der Waals surface area contributed by atoms with Crippen LogP contribution in [0, 0.1) is 0 Å². The third-order valence-corrected chi connectivity index (χ3v) is 3.79. The van der Waals surface area contributed by atoms with E-state index in [-0.39, 0.29) is 18.6 Å². The molecule has 20 heavy (non-hydrogen) atoms. The van der Waals surface area contributed by atoms with Gasteiger partial charge in [0, 0.05) is 31.5 Å². The number of amides is 1. The number of thioether (sulfide) groups is 1. The second kappa shape index (κ2) is 6.90. The summed E-state index contributed by atoms with van der Waals surface area (Å²) in [5.74, 6) is 0.844. The standard InChI is InChI=1S/C13H20N4O2S/c1-9(2)20-12-4-11(14-8-15-12)16-10-5-17(6-10)13(18)7-19-3/h4,8-10H,5-7H2,1-3H3,(H,14,15,16). The minimum Gasteiger partial charge on any atom is -0.375 e. The first-order valence-corrected chi connectivity index (χ1v) is 7.48. The van der Waals surface area contributed by atoms with Crippen molar-refractivity contribution in [2.24, 2.45) is 0 Å². The van der Waals surface area contributed by atoms with Crippen molar-refractivity contribution in [2.75, 3.05) is 32.1 Å². The fourth-order valence-electron chi connectivity index (χ4n) is 1.92. The molecule has 1 aliphatic heterocycles. The van der Waals surface area contributed by atoms with Crippen molar-refractivity contribution in [3.05, 3.63) is 12.4 Å². The van der Waals surface area contributed by atoms with E-state index in [1.807, 2.05) is 6.07 Å². The minimum atomic E-state index is 0.0317. The van der Waals surface area contributed by atoms with Gasteiger partial charge in [0.05, 0.1) is 6.04 Å². The molecule has 2 heterocycles. The van der Waals surface area contributed by atoms with Gasteiger partial charge in [0.1, 0.15) is 23.8 Å². The summed E-state index contributed by atoms with van der Waals surface area (Å²) in [6.45, 7) is 5.79. The zero-order valence-corrected chi connectivity index (χ0v) is 12.8. The van der Waals surface area contributed by atoms with Gasteiger partial charge in [-0.1, -0.05) is 13.8 Å². The van der Waals surface area contributed by atoms with Gasteiger partial charge in [0.2, 0.25) is 5.91 Å². The van der Waals surface area contributed by atoms with Crippen LogP contribution in [0.1, 0.15) is 13.8 Å². The summed E-state index contributed by atoms with van der Waals surface area (Å²) in [5.41, 5.74) is 0. The Kier molecular flexibility index (Phi) is 5.19. The van der Waals surface area contributed by atoms with Gasteiger partial charge >= 0.3 is 0 Å². The predicted molar refractivity (Wildman–Crippen MR) is 78.9 cm³/mol. The van der Waals surface area contributed by atoms with Crippen LogP contribution in [0.3, 0.4) is 0 Å². The summed E-state index contributed by atoms with van der Waals surface area (Å²) in [4.78, 5) is 21.8. The van der Waals surface area contributed by atoms with E-state index in [1.165, 1.54) is 7.11 Å². The second-order valence-electron chi connectivity index (χ2n) is 4.98. The Bertz CT molecular complexity index is 463. The number of methoxy groups -OCH3 is 1. The van der Waals surface area contributed by atoms with E-state index in [1.54, 1.807) is 23.0 Å². The number of rotatable bonds is 6. The number of anilines is 1. The summed E-state index contributed by atoms with van der Waals surface area (Å²) in [6.07, 6.45) is 1.57. The van der Waals surface area contributed by atoms with E-state index in [9.17, 15) is 4.79 Å². The summed E-state index contributed by atoms with van der Waals surface area (Å²) >= 11 is 1.71. The van der Waals surface area contributed by atoms with Crippen LogP contribution in [0.5, 0.6) is 0 Å². The monoisotopic (exact) mass is 296 g/mol. The van der Waals surface area contributed by atoms with E-state index in [4.69, 9.17) is 4.74 Å². The van der Waals surface area contributed by atoms with Crippen LogP contribution in [-0.2, 0) is 9.53 Å². The highest BCUT2D eigenvalue weighted by atomic mass is 32.2. The Morgan fingerprint density at radius 3 is 2.95 bits per heavy atom. The van der Waals surface area contributed by atoms with Crippen LogP contribution in [0.4, 0.5) is 5.82 Å². The normalized spacial score (nSPS) is 15.3. The second-order valence-corrected chi connectivity index (χ2v) is 6.58. The van der Waals surface area contributed by atoms with Gasteiger partial charge in [-0.2, -0.15) is 0 Å². The SMILES string of the molecule is COCC(=O)N1CC(Nc2cc(SC(C)C)ncn2)C1. The first kappa shape index (κ1) is 15.1. The lowest BCUT2D eigenvalue weighted by molar-refractivity contribution is -0.139. The molecule has 1 aromatic rings. The molecule has 1 aliphatic rings. The van der Waals surface area contributed by atoms with Crippen LogP contribution in [0.25, 0.3) is 0 Å². The van der Waals surface area contributed by atoms with Crippen molar-refractivity contribution in [1.82, 2.24) is 14.9 Å². The quantitative estimate of drug-likeness (QED) is 0.629. The number of aromatic nitrogens is 2. The number of nitrogens with zero attached hydrogens (tertiary/aromatic N) is 3. The van der Waals surface area contributed by atoms with Gasteiger partial charge < -0.3 is 15.0 Å². The van der Waals surface area contributed by atoms with Crippen molar-refractivity contribution < 1.29 is 9.53 Å². The van der Waals surface area contributed by atoms with Gasteiger partial charge in [-0.15, -0.1) is 11.8 Å². The van der Waals surface area contributed by atoms with E-state index in [2.05, 4.69) is 29.1 Å². The number of carbonyl (C=O) groups excluding carboxylic acids is 1. The number of hydrogen-bond acceptors (Lipinski definition) is 6. The van der Waals surface area contributed by atoms with Gasteiger partial charge in [0.15, 0.2) is 0 Å². The Hall–Kier alpha value is -1.34. The largest absolute Gasteiger partial charge is 0.375 e. The third kappa shape index (κ3) is 4.08. The lowest BCUT2D eigenvalue weighted by Gasteiger charge is -2.39. The number of hydrogen-bond donors (Lipinski definition) is 1. The molecule has 0 spiro atoms. The minimum absolute atomic E-state index is 0.0317. The predicted octanol–water partition coefficient (Wildman–Crippen LogP) is 1.25. The zero-order chi connectivity index (χ0) is 14.5. The molecule has 2 rings (SSSR count). The van der Waals surface area contributed by atoms with Gasteiger partial charge in [-0.05, 0) is 0 Å². The van der Waals surface area contributed by atoms with Gasteiger partial charge in [0.25, 0.3) is 0 Å². The highest BCUT2D eigenvalue weighted by molar-refractivity contribution is 7.99. The summed E-state index contributed by atoms with van der Waals surface area (Å²) < 4.78 is 4.83. The Balaban J connectivity index is 1.82. The van der Waals surface area contributed by atoms with Crippen LogP contribution in [0.2, 0.25) is 0 Å². The molecule has 1 fully saturated rings. The van der Waals surface area contributed by atoms with Crippen molar-refractivity contribution in [1.29, 1.82) is 0 Å². The molecule has 0 saturated carbocycles. The average Bonchev–Trinajstić information content (AvgIpc) is 2.33. The number of carbonyl (C=O) groups is 1. The van der Waals surface area contributed by atoms with Crippen molar-refractivity contribution >= 4 is 23.5 Å². The van der Waals surface area contributed by atoms with Crippen LogP contribution in [0.15, 0.2) is 17.4 Å². The topological polar surface area (TPSA) is 67.3 Å². The summed E-state index contributed by atoms with van der Waals surface area (Å²) in [6, 6.07) is 2.20. The van der Waals surface area contributed by atoms with E-state index in [0.717, 1.165) is 10.8 Å². The van der Waals surface area contributed by atoms with Gasteiger partial charge in [-0.25, -0.2) is 9.97 Å². The Labute approximate surface area is 123 Å². The Morgan fingerprint density at radius 1 is 1.55 bits per heavy atom. The molecular formula is C13H20N4O2S. The van der Waals surface area contributed by atoms with Crippen molar-refractivity contribution in [2.45, 2.75) is 30.2 Å². The molecule has 0 aliphatic carbocycles. The lowest BCUT2D eigenvalue weighted by atomic mass is 10.1. The number of likely N-dealkylation sites (tertiary alicyclic amines) is 1. The fourth-order valence-corrected chi connectivity index (χ4v) is 2.69. The molecule has 0 unspecified atom stereocenters. The molecule has 0 atom stereocenters. The van der Waals surface area contributed by atoms with Crippen molar-refractivity contribution in [3.63, 3.8) is 0 Å². The van der Waals surface area contributed by atoms with Crippen molar-refractivity contribution in [3.8, 4) is 0 Å². The summed E-state index contributed by atoms with van der Waals surface area (Å²) in [5, 5.41) is 4.77. The maximum Gasteiger partial charge on any atom is 0.248 e. The first-order chi connectivity index (χ1) is 9.58. The highest BCUT2D eigenvalue weighted by Crippen LogP contribution is 2.22. The molecular weight excluding hydrogens is 276 g/mol. The molecule has 0 radical (unpaired) electrons. The van der Waals surface area contributed by atoms with Crippen LogP contribution < -0.4 is 5.32 Å². The fraction of sp³-hybridized carbons (Fsp3) is 0.615. The van der Waals surface area contributed by atoms with E-state index >= 15 is 0 Å². The average molecular weight is 296 g/mol. The first-order valence-electron chi connectivity index (χ1n) is 6.60. The molecule has 110 valence electrons. The number of ether oxygens (including phenoxy) is 1. The third-order valence-electron chi connectivity index (χ3n) is 2.85. The highest BCUT2D eigenvalue weighted by Gasteiger charge is 2.30. The van der Waals surface area contributed by atoms with Gasteiger partial charge in [-0.3, -0.25) is 4.79 Å². The molecule has 0 aromatic carbocycles. The molecule has 0 bridgehead atoms. The molecule has 1 saturated heterocycles. The maximum atomic E-state index is 11.5. The lowest BCUT2D eigenvalue weighted by Crippen LogP contribution is -2.57. The van der Waals surface area contributed by atoms with E-state index < -0.39 is 0 Å². The smallest absolute Gasteiger partial charge is 0.248 e. The zero-order valence-electron chi connectivity index (χ0n) is 12.0.